The molecule has 110 valence electrons. The van der Waals surface area contributed by atoms with Crippen LogP contribution in [0.1, 0.15) is 26.0 Å². The normalized spacial score (nSPS) is 13.0. The molecular weight excluding hydrogens is 240 g/mol. The van der Waals surface area contributed by atoms with Crippen LogP contribution in [0, 0.1) is 12.8 Å². The standard InChI is InChI=1S/C14H28N4O/c1-11(2)13(15)6-7-17(4)14-16-12(3)10-18(14)8-9-19-5/h10-11,13H,6-9,15H2,1-5H3. The van der Waals surface area contributed by atoms with E-state index in [1.54, 1.807) is 7.11 Å². The number of nitrogens with zero attached hydrogens (tertiary/aromatic N) is 3. The van der Waals surface area contributed by atoms with Crippen LogP contribution >= 0.6 is 0 Å². The minimum Gasteiger partial charge on any atom is -0.383 e. The molecule has 0 fully saturated rings. The first-order chi connectivity index (χ1) is 8.95. The van der Waals surface area contributed by atoms with Crippen LogP contribution in [0.2, 0.25) is 0 Å². The number of rotatable bonds is 8. The molecule has 0 spiro atoms. The Morgan fingerprint density at radius 1 is 1.47 bits per heavy atom. The minimum atomic E-state index is 0.242. The van der Waals surface area contributed by atoms with Gasteiger partial charge in [0.2, 0.25) is 5.95 Å². The smallest absolute Gasteiger partial charge is 0.205 e. The number of ether oxygens (including phenoxy) is 1. The molecule has 19 heavy (non-hydrogen) atoms. The van der Waals surface area contributed by atoms with E-state index in [1.165, 1.54) is 0 Å². The topological polar surface area (TPSA) is 56.3 Å². The van der Waals surface area contributed by atoms with Gasteiger partial charge in [-0.2, -0.15) is 0 Å². The molecule has 5 heteroatoms. The Balaban J connectivity index is 2.62. The molecule has 0 amide bonds. The fourth-order valence-electron chi connectivity index (χ4n) is 1.97. The van der Waals surface area contributed by atoms with Gasteiger partial charge in [0.05, 0.1) is 12.3 Å². The van der Waals surface area contributed by atoms with E-state index in [0.717, 1.165) is 31.2 Å². The average Bonchev–Trinajstić information content (AvgIpc) is 2.74. The van der Waals surface area contributed by atoms with E-state index < -0.39 is 0 Å². The van der Waals surface area contributed by atoms with Crippen LogP contribution in [0.25, 0.3) is 0 Å². The van der Waals surface area contributed by atoms with Gasteiger partial charge in [-0.05, 0) is 19.3 Å². The summed E-state index contributed by atoms with van der Waals surface area (Å²) in [6.07, 6.45) is 3.04. The SMILES string of the molecule is COCCn1cc(C)nc1N(C)CCC(N)C(C)C. The average molecular weight is 268 g/mol. The second kappa shape index (κ2) is 7.50. The van der Waals surface area contributed by atoms with Crippen LogP contribution in [-0.4, -0.2) is 42.9 Å². The van der Waals surface area contributed by atoms with Crippen LogP contribution < -0.4 is 10.6 Å². The number of methoxy groups -OCH3 is 1. The number of aromatic nitrogens is 2. The van der Waals surface area contributed by atoms with E-state index in [9.17, 15) is 0 Å². The zero-order chi connectivity index (χ0) is 14.4. The Labute approximate surface area is 116 Å². The first-order valence-corrected chi connectivity index (χ1v) is 6.95. The van der Waals surface area contributed by atoms with E-state index in [4.69, 9.17) is 10.5 Å². The number of hydrogen-bond donors (Lipinski definition) is 1. The highest BCUT2D eigenvalue weighted by molar-refractivity contribution is 5.32. The molecule has 0 saturated carbocycles. The summed E-state index contributed by atoms with van der Waals surface area (Å²) < 4.78 is 7.27. The van der Waals surface area contributed by atoms with Gasteiger partial charge < -0.3 is 19.9 Å². The molecule has 1 rings (SSSR count). The Bertz CT molecular complexity index is 376. The third kappa shape index (κ3) is 4.84. The van der Waals surface area contributed by atoms with Crippen LogP contribution in [0.4, 0.5) is 5.95 Å². The third-order valence-electron chi connectivity index (χ3n) is 3.41. The van der Waals surface area contributed by atoms with Crippen molar-refractivity contribution in [3.63, 3.8) is 0 Å². The van der Waals surface area contributed by atoms with Crippen molar-refractivity contribution in [2.75, 3.05) is 32.2 Å². The van der Waals surface area contributed by atoms with Crippen molar-refractivity contribution >= 4 is 5.95 Å². The lowest BCUT2D eigenvalue weighted by Gasteiger charge is -2.23. The molecule has 2 N–H and O–H groups in total. The Morgan fingerprint density at radius 2 is 2.16 bits per heavy atom. The molecular formula is C14H28N4O. The van der Waals surface area contributed by atoms with E-state index in [0.29, 0.717) is 12.5 Å². The molecule has 1 heterocycles. The molecule has 0 saturated heterocycles. The highest BCUT2D eigenvalue weighted by atomic mass is 16.5. The fourth-order valence-corrected chi connectivity index (χ4v) is 1.97. The van der Waals surface area contributed by atoms with Crippen molar-refractivity contribution in [3.05, 3.63) is 11.9 Å². The van der Waals surface area contributed by atoms with E-state index in [1.807, 2.05) is 6.92 Å². The predicted octanol–water partition coefficient (Wildman–Crippen LogP) is 1.65. The summed E-state index contributed by atoms with van der Waals surface area (Å²) in [5.74, 6) is 1.51. The van der Waals surface area contributed by atoms with Crippen molar-refractivity contribution in [3.8, 4) is 0 Å². The van der Waals surface area contributed by atoms with Gasteiger partial charge in [0.1, 0.15) is 0 Å². The van der Waals surface area contributed by atoms with Gasteiger partial charge in [-0.25, -0.2) is 4.98 Å². The molecule has 1 atom stereocenters. The largest absolute Gasteiger partial charge is 0.383 e. The minimum absolute atomic E-state index is 0.242. The zero-order valence-corrected chi connectivity index (χ0v) is 12.9. The van der Waals surface area contributed by atoms with Gasteiger partial charge in [-0.3, -0.25) is 0 Å². The first-order valence-electron chi connectivity index (χ1n) is 6.95. The molecule has 0 aliphatic heterocycles. The number of imidazole rings is 1. The highest BCUT2D eigenvalue weighted by Gasteiger charge is 2.13. The second-order valence-electron chi connectivity index (χ2n) is 5.49. The summed E-state index contributed by atoms with van der Waals surface area (Å²) in [5, 5.41) is 0. The number of aryl methyl sites for hydroxylation is 1. The molecule has 1 unspecified atom stereocenters. The van der Waals surface area contributed by atoms with Crippen molar-refractivity contribution in [1.29, 1.82) is 0 Å². The van der Waals surface area contributed by atoms with Gasteiger partial charge in [0.25, 0.3) is 0 Å². The summed E-state index contributed by atoms with van der Waals surface area (Å²) in [5.41, 5.74) is 7.13. The van der Waals surface area contributed by atoms with Gasteiger partial charge in [-0.15, -0.1) is 0 Å². The Hall–Kier alpha value is -1.07. The molecule has 0 aliphatic rings. The Kier molecular flexibility index (Phi) is 6.31. The van der Waals surface area contributed by atoms with Crippen LogP contribution in [-0.2, 0) is 11.3 Å². The van der Waals surface area contributed by atoms with Crippen molar-refractivity contribution in [2.45, 2.75) is 39.8 Å². The maximum absolute atomic E-state index is 6.09. The summed E-state index contributed by atoms with van der Waals surface area (Å²) in [4.78, 5) is 6.75. The van der Waals surface area contributed by atoms with Gasteiger partial charge in [0.15, 0.2) is 0 Å². The van der Waals surface area contributed by atoms with Gasteiger partial charge in [0, 0.05) is 39.5 Å². The quantitative estimate of drug-likeness (QED) is 0.779. The van der Waals surface area contributed by atoms with E-state index >= 15 is 0 Å². The maximum Gasteiger partial charge on any atom is 0.205 e. The van der Waals surface area contributed by atoms with Crippen LogP contribution in [0.15, 0.2) is 6.20 Å². The van der Waals surface area contributed by atoms with E-state index in [-0.39, 0.29) is 6.04 Å². The lowest BCUT2D eigenvalue weighted by Crippen LogP contribution is -2.32. The molecule has 1 aromatic heterocycles. The van der Waals surface area contributed by atoms with Gasteiger partial charge in [-0.1, -0.05) is 13.8 Å². The van der Waals surface area contributed by atoms with Crippen molar-refractivity contribution in [2.24, 2.45) is 11.7 Å². The number of nitrogens with two attached hydrogens (primary N) is 1. The summed E-state index contributed by atoms with van der Waals surface area (Å²) in [6.45, 7) is 8.78. The lowest BCUT2D eigenvalue weighted by molar-refractivity contribution is 0.187. The predicted molar refractivity (Wildman–Crippen MR) is 79.5 cm³/mol. The Morgan fingerprint density at radius 3 is 2.74 bits per heavy atom. The molecule has 0 aliphatic carbocycles. The monoisotopic (exact) mass is 268 g/mol. The summed E-state index contributed by atoms with van der Waals surface area (Å²) >= 11 is 0. The third-order valence-corrected chi connectivity index (χ3v) is 3.41. The fraction of sp³-hybridized carbons (Fsp3) is 0.786. The molecule has 0 radical (unpaired) electrons. The van der Waals surface area contributed by atoms with Crippen LogP contribution in [0.3, 0.4) is 0 Å². The van der Waals surface area contributed by atoms with E-state index in [2.05, 4.69) is 41.5 Å². The molecule has 5 nitrogen and oxygen atoms in total. The van der Waals surface area contributed by atoms with Crippen molar-refractivity contribution < 1.29 is 4.74 Å². The second-order valence-corrected chi connectivity index (χ2v) is 5.49. The highest BCUT2D eigenvalue weighted by Crippen LogP contribution is 2.14. The summed E-state index contributed by atoms with van der Waals surface area (Å²) in [6, 6.07) is 0.242. The maximum atomic E-state index is 6.09. The summed E-state index contributed by atoms with van der Waals surface area (Å²) in [7, 11) is 3.78. The van der Waals surface area contributed by atoms with Gasteiger partial charge >= 0.3 is 0 Å². The number of anilines is 1. The first kappa shape index (κ1) is 16.0. The number of hydrogen-bond acceptors (Lipinski definition) is 4. The van der Waals surface area contributed by atoms with Crippen molar-refractivity contribution in [1.82, 2.24) is 9.55 Å². The molecule has 1 aromatic rings. The molecule has 0 bridgehead atoms. The van der Waals surface area contributed by atoms with Crippen LogP contribution in [0.5, 0.6) is 0 Å². The zero-order valence-electron chi connectivity index (χ0n) is 12.9. The molecule has 0 aromatic carbocycles. The lowest BCUT2D eigenvalue weighted by atomic mass is 10.0.